The number of nitrogens with zero attached hydrogens (tertiary/aromatic N) is 5. The van der Waals surface area contributed by atoms with Crippen LogP contribution >= 0.6 is 12.4 Å². The molecule has 0 bridgehead atoms. The molecule has 2 saturated heterocycles. The average Bonchev–Trinajstić information content (AvgIpc) is 3.55. The Bertz CT molecular complexity index is 1840. The van der Waals surface area contributed by atoms with E-state index in [0.717, 1.165) is 33.4 Å². The maximum Gasteiger partial charge on any atom is 0.326 e. The summed E-state index contributed by atoms with van der Waals surface area (Å²) in [6.07, 6.45) is 11.4. The van der Waals surface area contributed by atoms with Crippen LogP contribution in [0.3, 0.4) is 0 Å². The van der Waals surface area contributed by atoms with E-state index in [1.807, 2.05) is 76.2 Å². The van der Waals surface area contributed by atoms with Gasteiger partial charge in [-0.25, -0.2) is 4.79 Å². The number of hydrogen-bond donors (Lipinski definition) is 0. The first kappa shape index (κ1) is 38.4. The Hall–Kier alpha value is -4.80. The Kier molecular flexibility index (Phi) is 12.3. The number of rotatable bonds is 7. The minimum absolute atomic E-state index is 0. The Labute approximate surface area is 314 Å². The topological polar surface area (TPSA) is 77.9 Å². The summed E-state index contributed by atoms with van der Waals surface area (Å²) in [7, 11) is 0. The molecule has 3 amide bonds. The highest BCUT2D eigenvalue weighted by Gasteiger charge is 2.45. The van der Waals surface area contributed by atoms with Crippen molar-refractivity contribution in [2.24, 2.45) is 4.99 Å². The average molecular weight is 722 g/mol. The van der Waals surface area contributed by atoms with Gasteiger partial charge in [-0.05, 0) is 65.4 Å². The molecule has 10 heteroatoms. The third-order valence-electron chi connectivity index (χ3n) is 9.86. The summed E-state index contributed by atoms with van der Waals surface area (Å²) < 4.78 is 11.7. The Morgan fingerprint density at radius 3 is 2.00 bits per heavy atom. The van der Waals surface area contributed by atoms with Gasteiger partial charge < -0.3 is 19.3 Å². The van der Waals surface area contributed by atoms with E-state index in [9.17, 15) is 4.79 Å². The predicted octanol–water partition coefficient (Wildman–Crippen LogP) is 5.91. The van der Waals surface area contributed by atoms with Crippen LogP contribution in [-0.2, 0) is 14.9 Å². The highest BCUT2D eigenvalue weighted by atomic mass is 35.5. The van der Waals surface area contributed by atoms with Gasteiger partial charge in [-0.15, -0.1) is 25.3 Å². The lowest BCUT2D eigenvalue weighted by Gasteiger charge is -2.39. The molecule has 0 spiro atoms. The van der Waals surface area contributed by atoms with Crippen LogP contribution in [0.15, 0.2) is 71.7 Å². The van der Waals surface area contributed by atoms with Crippen LogP contribution in [0.4, 0.5) is 4.79 Å². The molecule has 9 nitrogen and oxygen atoms in total. The molecule has 0 unspecified atom stereocenters. The number of terminal acetylenes is 2. The van der Waals surface area contributed by atoms with E-state index in [2.05, 4.69) is 49.6 Å². The summed E-state index contributed by atoms with van der Waals surface area (Å²) in [5.74, 6) is 6.74. The number of amides is 3. The van der Waals surface area contributed by atoms with Gasteiger partial charge in [-0.3, -0.25) is 19.6 Å². The van der Waals surface area contributed by atoms with Crippen LogP contribution < -0.4 is 4.74 Å². The van der Waals surface area contributed by atoms with Crippen LogP contribution in [0.1, 0.15) is 73.2 Å². The summed E-state index contributed by atoms with van der Waals surface area (Å²) in [5, 5.41) is 0. The molecule has 6 rings (SSSR count). The number of aliphatic imine (C=N–C) groups is 1. The van der Waals surface area contributed by atoms with E-state index in [1.165, 1.54) is 0 Å². The molecule has 3 aromatic rings. The Morgan fingerprint density at radius 2 is 1.44 bits per heavy atom. The molecular weight excluding hydrogens is 674 g/mol. The quantitative estimate of drug-likeness (QED) is 0.284. The molecule has 272 valence electrons. The minimum atomic E-state index is -0.478. The van der Waals surface area contributed by atoms with Crippen molar-refractivity contribution in [2.75, 3.05) is 65.6 Å². The number of carbonyl (C=O) groups excluding carboxylic acids is 2. The second-order valence-electron chi connectivity index (χ2n) is 14.2. The van der Waals surface area contributed by atoms with Crippen LogP contribution in [-0.4, -0.2) is 103 Å². The van der Waals surface area contributed by atoms with Gasteiger partial charge >= 0.3 is 6.03 Å². The van der Waals surface area contributed by atoms with E-state index >= 15 is 4.79 Å². The maximum absolute atomic E-state index is 15.0. The lowest BCUT2D eigenvalue weighted by atomic mass is 9.86. The summed E-state index contributed by atoms with van der Waals surface area (Å²) >= 11 is 0. The van der Waals surface area contributed by atoms with Crippen molar-refractivity contribution < 1.29 is 19.1 Å². The monoisotopic (exact) mass is 721 g/mol. The van der Waals surface area contributed by atoms with Gasteiger partial charge in [-0.2, -0.15) is 0 Å². The first-order valence-electron chi connectivity index (χ1n) is 17.8. The van der Waals surface area contributed by atoms with Crippen LogP contribution in [0.25, 0.3) is 0 Å². The predicted molar refractivity (Wildman–Crippen MR) is 207 cm³/mol. The zero-order valence-corrected chi connectivity index (χ0v) is 31.3. The molecule has 0 N–H and O–H groups in total. The van der Waals surface area contributed by atoms with Crippen molar-refractivity contribution in [3.05, 3.63) is 100 Å². The lowest BCUT2D eigenvalue weighted by molar-refractivity contribution is -0.136. The molecule has 3 aliphatic heterocycles. The summed E-state index contributed by atoms with van der Waals surface area (Å²) in [6.45, 7) is 13.8. The van der Waals surface area contributed by atoms with Crippen LogP contribution in [0.2, 0.25) is 0 Å². The molecule has 3 aliphatic rings. The number of piperazine rings is 1. The molecule has 0 radical (unpaired) electrons. The number of benzene rings is 3. The van der Waals surface area contributed by atoms with E-state index in [-0.39, 0.29) is 29.8 Å². The molecule has 0 aliphatic carbocycles. The molecule has 0 saturated carbocycles. The molecule has 2 fully saturated rings. The number of halogens is 1. The fourth-order valence-electron chi connectivity index (χ4n) is 6.89. The summed E-state index contributed by atoms with van der Waals surface area (Å²) in [6, 6.07) is 20.7. The molecule has 3 aromatic carbocycles. The van der Waals surface area contributed by atoms with Crippen molar-refractivity contribution in [3.8, 4) is 30.4 Å². The molecule has 3 heterocycles. The van der Waals surface area contributed by atoms with E-state index < -0.39 is 12.1 Å². The second kappa shape index (κ2) is 16.7. The number of carbonyl (C=O) groups is 2. The third-order valence-corrected chi connectivity index (χ3v) is 9.86. The highest BCUT2D eigenvalue weighted by Crippen LogP contribution is 2.45. The lowest BCUT2D eigenvalue weighted by Crippen LogP contribution is -2.56. The first-order chi connectivity index (χ1) is 24.6. The molecule has 0 aromatic heterocycles. The van der Waals surface area contributed by atoms with Gasteiger partial charge in [0, 0.05) is 50.4 Å². The van der Waals surface area contributed by atoms with E-state index in [4.69, 9.17) is 27.3 Å². The van der Waals surface area contributed by atoms with Crippen LogP contribution in [0.5, 0.6) is 5.75 Å². The minimum Gasteiger partial charge on any atom is -0.493 e. The van der Waals surface area contributed by atoms with Crippen molar-refractivity contribution in [1.82, 2.24) is 19.6 Å². The number of ether oxygens (including phenoxy) is 2. The Morgan fingerprint density at radius 1 is 0.846 bits per heavy atom. The highest BCUT2D eigenvalue weighted by molar-refractivity contribution is 6.11. The zero-order valence-electron chi connectivity index (χ0n) is 30.5. The fourth-order valence-corrected chi connectivity index (χ4v) is 6.89. The number of morpholine rings is 1. The van der Waals surface area contributed by atoms with Gasteiger partial charge in [0.25, 0.3) is 0 Å². The number of hydrogen-bond acceptors (Lipinski definition) is 6. The van der Waals surface area contributed by atoms with Gasteiger partial charge in [0.2, 0.25) is 5.91 Å². The van der Waals surface area contributed by atoms with E-state index in [1.54, 1.807) is 0 Å². The largest absolute Gasteiger partial charge is 0.493 e. The van der Waals surface area contributed by atoms with Gasteiger partial charge in [0.15, 0.2) is 0 Å². The maximum atomic E-state index is 15.0. The van der Waals surface area contributed by atoms with Gasteiger partial charge in [-0.1, -0.05) is 62.9 Å². The normalized spacial score (nSPS) is 19.3. The van der Waals surface area contributed by atoms with Gasteiger partial charge in [0.05, 0.1) is 38.0 Å². The summed E-state index contributed by atoms with van der Waals surface area (Å²) in [5.41, 5.74) is 5.13. The zero-order chi connectivity index (χ0) is 36.1. The fraction of sp³-hybridized carbons (Fsp3) is 0.405. The molecular formula is C42H48ClN5O4. The Balaban J connectivity index is 0.00000523. The second-order valence-corrected chi connectivity index (χ2v) is 14.2. The molecule has 2 atom stereocenters. The third kappa shape index (κ3) is 8.29. The first-order valence-corrected chi connectivity index (χ1v) is 17.8. The van der Waals surface area contributed by atoms with Crippen molar-refractivity contribution in [1.29, 1.82) is 0 Å². The number of urea groups is 1. The van der Waals surface area contributed by atoms with Gasteiger partial charge in [0.1, 0.15) is 17.6 Å². The van der Waals surface area contributed by atoms with Crippen molar-refractivity contribution in [2.45, 2.75) is 45.2 Å². The number of amidine groups is 1. The van der Waals surface area contributed by atoms with Crippen molar-refractivity contribution >= 4 is 30.2 Å². The SMILES string of the molecule is C#Cc1ccc([C@@H]2[C@H](c3ccc(C#C)cc3)N=C(c3ccc(C(C)(C)C)cc3OCC)N2C(=O)N2CCN(CC(=O)N3CCOCC3)CC2)cc1.Cl. The van der Waals surface area contributed by atoms with Crippen LogP contribution in [0, 0.1) is 24.7 Å². The molecule has 52 heavy (non-hydrogen) atoms. The van der Waals surface area contributed by atoms with E-state index in [0.29, 0.717) is 77.2 Å². The standard InChI is InChI=1S/C42H47N5O4.ClH/c1-7-30-10-14-32(15-11-30)38-39(33-16-12-31(8-2)13-17-33)47(40(43-38)35-19-18-34(42(4,5)6)28-36(35)51-9-3)41(49)46-22-20-44(21-23-46)29-37(48)45-24-26-50-27-25-45;/h1-2,10-19,28,38-39H,9,20-27,29H2,3-6H3;1H/t38-,39+;/m0./s1. The summed E-state index contributed by atoms with van der Waals surface area (Å²) in [4.78, 5) is 41.1. The smallest absolute Gasteiger partial charge is 0.326 e. The van der Waals surface area contributed by atoms with Crippen molar-refractivity contribution in [3.63, 3.8) is 0 Å².